The van der Waals surface area contributed by atoms with E-state index in [0.29, 0.717) is 0 Å². The molecule has 0 heterocycles. The zero-order valence-corrected chi connectivity index (χ0v) is 7.50. The molecule has 0 radical (unpaired) electrons. The molecule has 9 heavy (non-hydrogen) atoms. The second-order valence-corrected chi connectivity index (χ2v) is 1.95. The maximum Gasteiger partial charge on any atom is 0.122 e. The first-order valence-corrected chi connectivity index (χ1v) is 3.63. The summed E-state index contributed by atoms with van der Waals surface area (Å²) < 4.78 is 3.68. The first-order valence-electron chi connectivity index (χ1n) is 2.67. The van der Waals surface area contributed by atoms with Gasteiger partial charge in [-0.1, -0.05) is 13.5 Å². The standard InChI is InChI=1S/C6H9IN2/c1-3-6(4-2)8-5-9-7/h3,5H,1,4H2,2H3. The van der Waals surface area contributed by atoms with Crippen molar-refractivity contribution >= 4 is 34.9 Å². The second-order valence-electron chi connectivity index (χ2n) is 1.39. The molecule has 0 N–H and O–H groups in total. The molecule has 0 aliphatic rings. The van der Waals surface area contributed by atoms with Crippen molar-refractivity contribution in [1.82, 2.24) is 0 Å². The Morgan fingerprint density at radius 1 is 1.78 bits per heavy atom. The highest BCUT2D eigenvalue weighted by molar-refractivity contribution is 14.1. The van der Waals surface area contributed by atoms with E-state index in [1.807, 2.05) is 29.8 Å². The van der Waals surface area contributed by atoms with Crippen LogP contribution in [0.5, 0.6) is 0 Å². The molecule has 0 saturated heterocycles. The Hall–Kier alpha value is -0.190. The third-order valence-corrected chi connectivity index (χ3v) is 1.11. The molecule has 0 aliphatic heterocycles. The predicted octanol–water partition coefficient (Wildman–Crippen LogP) is 2.40. The minimum atomic E-state index is 0.909. The molecule has 0 amide bonds. The minimum absolute atomic E-state index is 0.909. The molecule has 0 spiro atoms. The van der Waals surface area contributed by atoms with Crippen molar-refractivity contribution < 1.29 is 0 Å². The normalized spacial score (nSPS) is 12.4. The van der Waals surface area contributed by atoms with Gasteiger partial charge in [-0.3, -0.25) is 0 Å². The van der Waals surface area contributed by atoms with E-state index < -0.39 is 0 Å². The molecule has 0 saturated carbocycles. The highest BCUT2D eigenvalue weighted by Crippen LogP contribution is 1.86. The summed E-state index contributed by atoms with van der Waals surface area (Å²) in [6.07, 6.45) is 4.16. The highest BCUT2D eigenvalue weighted by atomic mass is 127. The Bertz CT molecular complexity index is 138. The fraction of sp³-hybridized carbons (Fsp3) is 0.333. The Balaban J connectivity index is 3.90. The van der Waals surface area contributed by atoms with Crippen LogP contribution < -0.4 is 0 Å². The molecular weight excluding hydrogens is 227 g/mol. The lowest BCUT2D eigenvalue weighted by molar-refractivity contribution is 1.29. The number of rotatable bonds is 3. The van der Waals surface area contributed by atoms with E-state index in [1.165, 1.54) is 6.34 Å². The van der Waals surface area contributed by atoms with Crippen LogP contribution in [-0.4, -0.2) is 12.1 Å². The van der Waals surface area contributed by atoms with Gasteiger partial charge in [0.1, 0.15) is 6.34 Å². The summed E-state index contributed by atoms with van der Waals surface area (Å²) >= 11 is 1.88. The van der Waals surface area contributed by atoms with Crippen LogP contribution in [-0.2, 0) is 0 Å². The van der Waals surface area contributed by atoms with Crippen LogP contribution >= 0.6 is 22.9 Å². The molecule has 0 rings (SSSR count). The average Bonchev–Trinajstić information content (AvgIpc) is 1.91. The molecule has 0 unspecified atom stereocenters. The lowest BCUT2D eigenvalue weighted by atomic mass is 10.3. The molecule has 0 aromatic rings. The summed E-state index contributed by atoms with van der Waals surface area (Å²) in [6, 6.07) is 0. The molecule has 3 heteroatoms. The number of hydrogen-bond acceptors (Lipinski definition) is 1. The Morgan fingerprint density at radius 2 is 2.44 bits per heavy atom. The van der Waals surface area contributed by atoms with Crippen molar-refractivity contribution in [2.45, 2.75) is 13.3 Å². The number of hydrogen-bond donors (Lipinski definition) is 0. The Morgan fingerprint density at radius 3 is 2.78 bits per heavy atom. The smallest absolute Gasteiger partial charge is 0.122 e. The van der Waals surface area contributed by atoms with Crippen molar-refractivity contribution in [2.75, 3.05) is 0 Å². The van der Waals surface area contributed by atoms with Gasteiger partial charge in [-0.25, -0.2) is 8.20 Å². The van der Waals surface area contributed by atoms with Gasteiger partial charge in [-0.05, 0) is 12.5 Å². The molecule has 0 aromatic heterocycles. The van der Waals surface area contributed by atoms with E-state index >= 15 is 0 Å². The SMILES string of the molecule is C=CC(CC)=NC=NI. The van der Waals surface area contributed by atoms with E-state index in [1.54, 1.807) is 6.08 Å². The second kappa shape index (κ2) is 5.94. The number of aliphatic imine (C=N–C) groups is 1. The van der Waals surface area contributed by atoms with E-state index in [4.69, 9.17) is 0 Å². The zero-order valence-electron chi connectivity index (χ0n) is 5.34. The third kappa shape index (κ3) is 4.32. The molecule has 0 fully saturated rings. The number of halogens is 1. The summed E-state index contributed by atoms with van der Waals surface area (Å²) in [5, 5.41) is 0. The third-order valence-electron chi connectivity index (χ3n) is 0.865. The van der Waals surface area contributed by atoms with E-state index in [-0.39, 0.29) is 0 Å². The largest absolute Gasteiger partial charge is 0.241 e. The Kier molecular flexibility index (Phi) is 5.81. The summed E-state index contributed by atoms with van der Waals surface area (Å²) in [5.74, 6) is 0. The topological polar surface area (TPSA) is 24.7 Å². The van der Waals surface area contributed by atoms with Crippen LogP contribution in [0.3, 0.4) is 0 Å². The van der Waals surface area contributed by atoms with Gasteiger partial charge in [-0.2, -0.15) is 0 Å². The molecular formula is C6H9IN2. The van der Waals surface area contributed by atoms with E-state index in [9.17, 15) is 0 Å². The van der Waals surface area contributed by atoms with Crippen LogP contribution in [0.4, 0.5) is 0 Å². The lowest BCUT2D eigenvalue weighted by Crippen LogP contribution is -1.88. The van der Waals surface area contributed by atoms with Gasteiger partial charge in [0.25, 0.3) is 0 Å². The quantitative estimate of drug-likeness (QED) is 0.408. The monoisotopic (exact) mass is 236 g/mol. The maximum atomic E-state index is 3.98. The highest BCUT2D eigenvalue weighted by Gasteiger charge is 1.82. The van der Waals surface area contributed by atoms with Crippen LogP contribution in [0.25, 0.3) is 0 Å². The average molecular weight is 236 g/mol. The van der Waals surface area contributed by atoms with E-state index in [0.717, 1.165) is 12.1 Å². The molecule has 0 atom stereocenters. The van der Waals surface area contributed by atoms with Gasteiger partial charge in [0.15, 0.2) is 0 Å². The number of nitrogens with zero attached hydrogens (tertiary/aromatic N) is 2. The first-order chi connectivity index (χ1) is 4.35. The Labute approximate surface area is 69.3 Å². The summed E-state index contributed by atoms with van der Waals surface area (Å²) in [4.78, 5) is 3.98. The fourth-order valence-corrected chi connectivity index (χ4v) is 0.509. The van der Waals surface area contributed by atoms with Gasteiger partial charge in [0.05, 0.1) is 22.9 Å². The fourth-order valence-electron chi connectivity index (χ4n) is 0.384. The van der Waals surface area contributed by atoms with E-state index in [2.05, 4.69) is 14.8 Å². The first kappa shape index (κ1) is 8.81. The zero-order chi connectivity index (χ0) is 7.11. The molecule has 0 aliphatic carbocycles. The summed E-state index contributed by atoms with van der Waals surface area (Å²) in [5.41, 5.74) is 0.968. The predicted molar refractivity (Wildman–Crippen MR) is 50.4 cm³/mol. The molecule has 0 aromatic carbocycles. The van der Waals surface area contributed by atoms with Crippen LogP contribution in [0.15, 0.2) is 20.9 Å². The summed E-state index contributed by atoms with van der Waals surface area (Å²) in [7, 11) is 0. The molecule has 50 valence electrons. The minimum Gasteiger partial charge on any atom is -0.241 e. The molecule has 2 nitrogen and oxygen atoms in total. The van der Waals surface area contributed by atoms with Crippen molar-refractivity contribution in [2.24, 2.45) is 8.20 Å². The number of allylic oxidation sites excluding steroid dienone is 1. The van der Waals surface area contributed by atoms with Crippen LogP contribution in [0.1, 0.15) is 13.3 Å². The van der Waals surface area contributed by atoms with Crippen molar-refractivity contribution in [1.29, 1.82) is 0 Å². The van der Waals surface area contributed by atoms with Gasteiger partial charge in [-0.15, -0.1) is 0 Å². The molecule has 0 bridgehead atoms. The van der Waals surface area contributed by atoms with Gasteiger partial charge >= 0.3 is 0 Å². The van der Waals surface area contributed by atoms with Crippen molar-refractivity contribution in [3.63, 3.8) is 0 Å². The lowest BCUT2D eigenvalue weighted by Gasteiger charge is -1.87. The van der Waals surface area contributed by atoms with Crippen LogP contribution in [0.2, 0.25) is 0 Å². The van der Waals surface area contributed by atoms with Crippen molar-refractivity contribution in [3.05, 3.63) is 12.7 Å². The van der Waals surface area contributed by atoms with Crippen LogP contribution in [0, 0.1) is 0 Å². The van der Waals surface area contributed by atoms with Gasteiger partial charge in [0, 0.05) is 5.71 Å². The maximum absolute atomic E-state index is 3.98. The van der Waals surface area contributed by atoms with Gasteiger partial charge in [0.2, 0.25) is 0 Å². The van der Waals surface area contributed by atoms with Gasteiger partial charge < -0.3 is 0 Å². The van der Waals surface area contributed by atoms with Crippen molar-refractivity contribution in [3.8, 4) is 0 Å². The summed E-state index contributed by atoms with van der Waals surface area (Å²) in [6.45, 7) is 5.62.